The lowest BCUT2D eigenvalue weighted by molar-refractivity contribution is -0.384. The molecule has 0 fully saturated rings. The molecule has 0 bridgehead atoms. The standard InChI is InChI=1S/C15H9BrClNO5/c16-10-3-1-9(2-4-10)14(19)8-23-15(20)12-7-11(18(21)22)5-6-13(12)17/h1-7H,8H2. The lowest BCUT2D eigenvalue weighted by atomic mass is 10.1. The summed E-state index contributed by atoms with van der Waals surface area (Å²) in [6.07, 6.45) is 0. The average molecular weight is 399 g/mol. The highest BCUT2D eigenvalue weighted by Crippen LogP contribution is 2.23. The first-order valence-electron chi connectivity index (χ1n) is 6.28. The van der Waals surface area contributed by atoms with Crippen LogP contribution in [0.4, 0.5) is 5.69 Å². The number of esters is 1. The lowest BCUT2D eigenvalue weighted by Gasteiger charge is -2.06. The molecule has 0 heterocycles. The largest absolute Gasteiger partial charge is 0.454 e. The molecule has 0 amide bonds. The number of halogens is 2. The van der Waals surface area contributed by atoms with Crippen LogP contribution < -0.4 is 0 Å². The van der Waals surface area contributed by atoms with Gasteiger partial charge in [0.25, 0.3) is 5.69 Å². The predicted molar refractivity (Wildman–Crippen MR) is 86.9 cm³/mol. The van der Waals surface area contributed by atoms with E-state index in [0.29, 0.717) is 5.56 Å². The molecule has 0 unspecified atom stereocenters. The highest BCUT2D eigenvalue weighted by molar-refractivity contribution is 9.10. The first-order chi connectivity index (χ1) is 10.9. The Morgan fingerprint density at radius 1 is 1.17 bits per heavy atom. The molecule has 2 aromatic rings. The summed E-state index contributed by atoms with van der Waals surface area (Å²) in [6, 6.07) is 9.95. The van der Waals surface area contributed by atoms with Crippen molar-refractivity contribution in [1.29, 1.82) is 0 Å². The molecule has 0 atom stereocenters. The summed E-state index contributed by atoms with van der Waals surface area (Å²) >= 11 is 9.08. The van der Waals surface area contributed by atoms with Gasteiger partial charge in [0.05, 0.1) is 15.5 Å². The smallest absolute Gasteiger partial charge is 0.340 e. The number of nitrogens with zero attached hydrogens (tertiary/aromatic N) is 1. The molecule has 0 saturated carbocycles. The van der Waals surface area contributed by atoms with E-state index < -0.39 is 23.3 Å². The predicted octanol–water partition coefficient (Wildman–Crippen LogP) is 4.05. The molecule has 0 saturated heterocycles. The van der Waals surface area contributed by atoms with E-state index in [1.54, 1.807) is 24.3 Å². The van der Waals surface area contributed by atoms with Gasteiger partial charge in [0.2, 0.25) is 0 Å². The summed E-state index contributed by atoms with van der Waals surface area (Å²) in [5.74, 6) is -1.29. The van der Waals surface area contributed by atoms with Gasteiger partial charge in [-0.3, -0.25) is 14.9 Å². The van der Waals surface area contributed by atoms with Crippen molar-refractivity contribution in [2.45, 2.75) is 0 Å². The molecule has 118 valence electrons. The Hall–Kier alpha value is -2.25. The first kappa shape index (κ1) is 17.1. The van der Waals surface area contributed by atoms with Gasteiger partial charge in [0, 0.05) is 22.2 Å². The van der Waals surface area contributed by atoms with Crippen molar-refractivity contribution < 1.29 is 19.2 Å². The van der Waals surface area contributed by atoms with Crippen LogP contribution in [0.3, 0.4) is 0 Å². The van der Waals surface area contributed by atoms with Gasteiger partial charge < -0.3 is 4.74 Å². The van der Waals surface area contributed by atoms with Crippen LogP contribution >= 0.6 is 27.5 Å². The van der Waals surface area contributed by atoms with E-state index >= 15 is 0 Å². The number of carbonyl (C=O) groups excluding carboxylic acids is 2. The summed E-state index contributed by atoms with van der Waals surface area (Å²) in [7, 11) is 0. The van der Waals surface area contributed by atoms with Gasteiger partial charge in [-0.05, 0) is 18.2 Å². The molecule has 0 aliphatic heterocycles. The molecular formula is C15H9BrClNO5. The zero-order chi connectivity index (χ0) is 17.0. The van der Waals surface area contributed by atoms with Crippen LogP contribution in [0.2, 0.25) is 5.02 Å². The highest BCUT2D eigenvalue weighted by atomic mass is 79.9. The van der Waals surface area contributed by atoms with Crippen molar-refractivity contribution in [2.24, 2.45) is 0 Å². The molecule has 6 nitrogen and oxygen atoms in total. The van der Waals surface area contributed by atoms with Crippen LogP contribution in [0.1, 0.15) is 20.7 Å². The molecule has 23 heavy (non-hydrogen) atoms. The number of nitro benzene ring substituents is 1. The van der Waals surface area contributed by atoms with E-state index in [9.17, 15) is 19.7 Å². The first-order valence-corrected chi connectivity index (χ1v) is 7.45. The SMILES string of the molecule is O=C(COC(=O)c1cc([N+](=O)[O-])ccc1Cl)c1ccc(Br)cc1. The number of hydrogen-bond acceptors (Lipinski definition) is 5. The van der Waals surface area contributed by atoms with Gasteiger partial charge in [-0.2, -0.15) is 0 Å². The number of ketones is 1. The van der Waals surface area contributed by atoms with Crippen LogP contribution in [0.25, 0.3) is 0 Å². The van der Waals surface area contributed by atoms with E-state index in [1.807, 2.05) is 0 Å². The van der Waals surface area contributed by atoms with Crippen molar-refractivity contribution in [2.75, 3.05) is 6.61 Å². The maximum atomic E-state index is 11.9. The number of non-ortho nitro benzene ring substituents is 1. The minimum Gasteiger partial charge on any atom is -0.454 e. The summed E-state index contributed by atoms with van der Waals surface area (Å²) in [6.45, 7) is -0.487. The van der Waals surface area contributed by atoms with Gasteiger partial charge in [0.15, 0.2) is 12.4 Å². The summed E-state index contributed by atoms with van der Waals surface area (Å²) in [5.41, 5.74) is -0.0730. The Morgan fingerprint density at radius 2 is 1.83 bits per heavy atom. The van der Waals surface area contributed by atoms with Crippen molar-refractivity contribution in [3.63, 3.8) is 0 Å². The van der Waals surface area contributed by atoms with E-state index in [2.05, 4.69) is 15.9 Å². The molecule has 0 aliphatic carbocycles. The number of carbonyl (C=O) groups is 2. The maximum absolute atomic E-state index is 11.9. The van der Waals surface area contributed by atoms with Crippen molar-refractivity contribution >= 4 is 45.0 Å². The van der Waals surface area contributed by atoms with Gasteiger partial charge in [-0.1, -0.05) is 39.7 Å². The van der Waals surface area contributed by atoms with Crippen LogP contribution in [-0.4, -0.2) is 23.3 Å². The molecule has 0 aromatic heterocycles. The maximum Gasteiger partial charge on any atom is 0.340 e. The van der Waals surface area contributed by atoms with E-state index in [0.717, 1.165) is 10.5 Å². The van der Waals surface area contributed by atoms with Crippen LogP contribution in [0.5, 0.6) is 0 Å². The third-order valence-corrected chi connectivity index (χ3v) is 3.74. The molecule has 0 aliphatic rings. The molecule has 0 radical (unpaired) electrons. The lowest BCUT2D eigenvalue weighted by Crippen LogP contribution is -2.14. The minimum absolute atomic E-state index is 0.0108. The molecule has 0 N–H and O–H groups in total. The third-order valence-electron chi connectivity index (χ3n) is 2.88. The van der Waals surface area contributed by atoms with Crippen LogP contribution in [0.15, 0.2) is 46.9 Å². The minimum atomic E-state index is -0.899. The molecule has 2 aromatic carbocycles. The normalized spacial score (nSPS) is 10.2. The molecular weight excluding hydrogens is 390 g/mol. The Bertz CT molecular complexity index is 776. The molecule has 8 heteroatoms. The second-order valence-corrected chi connectivity index (χ2v) is 5.75. The Morgan fingerprint density at radius 3 is 2.43 bits per heavy atom. The topological polar surface area (TPSA) is 86.5 Å². The number of ether oxygens (including phenoxy) is 1. The summed E-state index contributed by atoms with van der Waals surface area (Å²) < 4.78 is 5.70. The van der Waals surface area contributed by atoms with Crippen molar-refractivity contribution in [1.82, 2.24) is 0 Å². The number of rotatable bonds is 5. The zero-order valence-electron chi connectivity index (χ0n) is 11.5. The van der Waals surface area contributed by atoms with Crippen molar-refractivity contribution in [3.05, 3.63) is 73.2 Å². The van der Waals surface area contributed by atoms with E-state index in [1.165, 1.54) is 12.1 Å². The fraction of sp³-hybridized carbons (Fsp3) is 0.0667. The quantitative estimate of drug-likeness (QED) is 0.328. The van der Waals surface area contributed by atoms with Gasteiger partial charge in [0.1, 0.15) is 0 Å². The van der Waals surface area contributed by atoms with E-state index in [4.69, 9.17) is 16.3 Å². The Kier molecular flexibility index (Phi) is 5.46. The average Bonchev–Trinajstić information content (AvgIpc) is 2.53. The third kappa shape index (κ3) is 4.37. The monoisotopic (exact) mass is 397 g/mol. The number of hydrogen-bond donors (Lipinski definition) is 0. The second-order valence-electron chi connectivity index (χ2n) is 4.43. The Labute approximate surface area is 144 Å². The number of Topliss-reactive ketones (excluding diaryl/α,β-unsaturated/α-hetero) is 1. The van der Waals surface area contributed by atoms with Crippen molar-refractivity contribution in [3.8, 4) is 0 Å². The fourth-order valence-corrected chi connectivity index (χ4v) is 2.17. The summed E-state index contributed by atoms with van der Waals surface area (Å²) in [5, 5.41) is 10.7. The number of benzene rings is 2. The number of nitro groups is 1. The summed E-state index contributed by atoms with van der Waals surface area (Å²) in [4.78, 5) is 33.9. The van der Waals surface area contributed by atoms with Gasteiger partial charge in [-0.15, -0.1) is 0 Å². The van der Waals surface area contributed by atoms with Gasteiger partial charge in [-0.25, -0.2) is 4.79 Å². The molecule has 0 spiro atoms. The Balaban J connectivity index is 2.07. The van der Waals surface area contributed by atoms with Crippen LogP contribution in [0, 0.1) is 10.1 Å². The van der Waals surface area contributed by atoms with Gasteiger partial charge >= 0.3 is 5.97 Å². The van der Waals surface area contributed by atoms with Crippen LogP contribution in [-0.2, 0) is 4.74 Å². The zero-order valence-corrected chi connectivity index (χ0v) is 13.8. The molecule has 2 rings (SSSR count). The second kappa shape index (κ2) is 7.34. The fourth-order valence-electron chi connectivity index (χ4n) is 1.71. The highest BCUT2D eigenvalue weighted by Gasteiger charge is 2.18. The van der Waals surface area contributed by atoms with E-state index in [-0.39, 0.29) is 16.3 Å².